The number of alkyl halides is 1. The molecule has 3 heterocycles. The molecule has 0 aliphatic carbocycles. The molecule has 13 nitrogen and oxygen atoms in total. The second-order valence-corrected chi connectivity index (χ2v) is 11.7. The topological polar surface area (TPSA) is 163 Å². The third kappa shape index (κ3) is 6.06. The van der Waals surface area contributed by atoms with Crippen LogP contribution >= 0.6 is 7.75 Å². The number of halogens is 1. The maximum atomic E-state index is 15.6. The van der Waals surface area contributed by atoms with Crippen LogP contribution in [0.2, 0.25) is 0 Å². The molecule has 1 unspecified atom stereocenters. The molecule has 0 radical (unpaired) electrons. The zero-order valence-corrected chi connectivity index (χ0v) is 23.5. The van der Waals surface area contributed by atoms with Gasteiger partial charge in [-0.1, -0.05) is 6.07 Å². The van der Waals surface area contributed by atoms with Crippen molar-refractivity contribution in [2.24, 2.45) is 7.05 Å². The lowest BCUT2D eigenvalue weighted by Gasteiger charge is -2.25. The van der Waals surface area contributed by atoms with Crippen molar-refractivity contribution in [3.8, 4) is 5.75 Å². The van der Waals surface area contributed by atoms with Crippen molar-refractivity contribution in [3.05, 3.63) is 63.6 Å². The summed E-state index contributed by atoms with van der Waals surface area (Å²) in [6.07, 6.45) is -2.49. The Kier molecular flexibility index (Phi) is 8.38. The number of aliphatic hydroxyl groups excluding tert-OH is 1. The molecule has 6 atom stereocenters. The van der Waals surface area contributed by atoms with Gasteiger partial charge in [-0.25, -0.2) is 13.8 Å². The Morgan fingerprint density at radius 3 is 2.65 bits per heavy atom. The molecule has 3 aromatic rings. The van der Waals surface area contributed by atoms with Crippen LogP contribution in [0.3, 0.4) is 0 Å². The number of carbonyl (C=O) groups excluding carboxylic acids is 1. The molecule has 0 spiro atoms. The molecule has 1 saturated heterocycles. The number of ether oxygens (including phenoxy) is 2. The van der Waals surface area contributed by atoms with Crippen LogP contribution in [-0.2, 0) is 30.4 Å². The van der Waals surface area contributed by atoms with Crippen molar-refractivity contribution in [2.75, 3.05) is 6.61 Å². The van der Waals surface area contributed by atoms with Crippen molar-refractivity contribution in [1.82, 2.24) is 19.2 Å². The number of aliphatic hydroxyl groups is 1. The van der Waals surface area contributed by atoms with E-state index in [4.69, 9.17) is 18.5 Å². The van der Waals surface area contributed by atoms with Crippen LogP contribution in [0.5, 0.6) is 5.75 Å². The van der Waals surface area contributed by atoms with Gasteiger partial charge >= 0.3 is 19.4 Å². The minimum Gasteiger partial charge on any atom is -0.462 e. The van der Waals surface area contributed by atoms with Crippen LogP contribution < -0.4 is 20.9 Å². The quantitative estimate of drug-likeness (QED) is 0.238. The Bertz CT molecular complexity index is 1550. The zero-order chi connectivity index (χ0) is 29.4. The minimum absolute atomic E-state index is 0.180. The highest BCUT2D eigenvalue weighted by molar-refractivity contribution is 7.52. The van der Waals surface area contributed by atoms with Gasteiger partial charge in [-0.3, -0.25) is 23.7 Å². The van der Waals surface area contributed by atoms with Gasteiger partial charge in [0.1, 0.15) is 24.0 Å². The van der Waals surface area contributed by atoms with Crippen LogP contribution in [0.15, 0.2) is 52.3 Å². The first-order chi connectivity index (χ1) is 18.7. The fourth-order valence-corrected chi connectivity index (χ4v) is 5.85. The van der Waals surface area contributed by atoms with Crippen molar-refractivity contribution in [2.45, 2.75) is 63.9 Å². The number of hydrogen-bond donors (Lipinski definition) is 3. The summed E-state index contributed by atoms with van der Waals surface area (Å²) in [7, 11) is -2.59. The third-order valence-electron chi connectivity index (χ3n) is 6.39. The average Bonchev–Trinajstić information content (AvgIpc) is 3.35. The van der Waals surface area contributed by atoms with Crippen molar-refractivity contribution < 1.29 is 37.4 Å². The Balaban J connectivity index is 1.60. The van der Waals surface area contributed by atoms with E-state index in [1.165, 1.54) is 6.92 Å². The molecule has 1 fully saturated rings. The van der Waals surface area contributed by atoms with E-state index in [1.54, 1.807) is 38.2 Å². The van der Waals surface area contributed by atoms with Crippen LogP contribution in [0.1, 0.15) is 33.9 Å². The molecule has 0 amide bonds. The normalized spacial score (nSPS) is 25.1. The molecule has 15 heteroatoms. The van der Waals surface area contributed by atoms with Gasteiger partial charge in [0.05, 0.1) is 18.2 Å². The summed E-state index contributed by atoms with van der Waals surface area (Å²) < 4.78 is 54.4. The largest absolute Gasteiger partial charge is 0.462 e. The molecular weight excluding hydrogens is 550 g/mol. The predicted molar refractivity (Wildman–Crippen MR) is 142 cm³/mol. The molecule has 218 valence electrons. The van der Waals surface area contributed by atoms with Gasteiger partial charge < -0.3 is 23.7 Å². The molecule has 1 aliphatic heterocycles. The van der Waals surface area contributed by atoms with Gasteiger partial charge in [0, 0.05) is 30.9 Å². The van der Waals surface area contributed by atoms with Gasteiger partial charge in [0.2, 0.25) is 0 Å². The number of nitrogens with one attached hydrogen (secondary N) is 2. The second-order valence-electron chi connectivity index (χ2n) is 9.98. The maximum Gasteiger partial charge on any atom is 0.459 e. The number of aromatic amines is 1. The molecule has 0 saturated carbocycles. The Labute approximate surface area is 228 Å². The monoisotopic (exact) mass is 582 g/mol. The first-order valence-corrected chi connectivity index (χ1v) is 14.1. The minimum atomic E-state index is -4.41. The summed E-state index contributed by atoms with van der Waals surface area (Å²) >= 11 is 0. The number of esters is 1. The zero-order valence-electron chi connectivity index (χ0n) is 22.6. The first kappa shape index (κ1) is 29.7. The molecule has 4 rings (SSSR count). The molecule has 40 heavy (non-hydrogen) atoms. The van der Waals surface area contributed by atoms with E-state index in [0.717, 1.165) is 29.3 Å². The van der Waals surface area contributed by atoms with E-state index < -0.39 is 67.8 Å². The van der Waals surface area contributed by atoms with Crippen molar-refractivity contribution in [1.29, 1.82) is 0 Å². The Morgan fingerprint density at radius 2 is 1.98 bits per heavy atom. The summed E-state index contributed by atoms with van der Waals surface area (Å²) in [6, 6.07) is 6.68. The molecule has 1 aliphatic rings. The van der Waals surface area contributed by atoms with Gasteiger partial charge in [0.15, 0.2) is 11.9 Å². The summed E-state index contributed by atoms with van der Waals surface area (Å²) in [5.41, 5.74) is -3.37. The number of aromatic nitrogens is 3. The Hall–Kier alpha value is -3.29. The van der Waals surface area contributed by atoms with Crippen LogP contribution in [-0.4, -0.2) is 61.8 Å². The van der Waals surface area contributed by atoms with Gasteiger partial charge in [0.25, 0.3) is 5.56 Å². The van der Waals surface area contributed by atoms with E-state index in [2.05, 4.69) is 5.09 Å². The lowest BCUT2D eigenvalue weighted by Crippen LogP contribution is -2.43. The number of rotatable bonds is 10. The van der Waals surface area contributed by atoms with E-state index in [0.29, 0.717) is 5.39 Å². The van der Waals surface area contributed by atoms with Crippen LogP contribution in [0, 0.1) is 0 Å². The number of aryl methyl sites for hydroxylation is 1. The fourth-order valence-electron chi connectivity index (χ4n) is 4.33. The third-order valence-corrected chi connectivity index (χ3v) is 8.02. The molecule has 1 aromatic carbocycles. The first-order valence-electron chi connectivity index (χ1n) is 12.5. The van der Waals surface area contributed by atoms with Gasteiger partial charge in [-0.2, -0.15) is 5.09 Å². The number of nitrogens with zero attached hydrogens (tertiary/aromatic N) is 2. The average molecular weight is 583 g/mol. The number of benzene rings is 1. The van der Waals surface area contributed by atoms with E-state index in [9.17, 15) is 24.1 Å². The standard InChI is InChI=1S/C25H32FN4O9P/c1-14(2)37-22(33)15(3)28-40(35,39-18-8-6-7-17-16(18)9-11-29(17)5)36-13-19-21(32)25(4,26)23(38-19)30-12-10-20(31)27-24(30)34/h6-12,14-15,19,21,23,32H,13H2,1-5H3,(H,28,35)(H,27,31,34)/t15-,19+,21+,23+,25+,40?/m0/s1. The molecule has 3 N–H and O–H groups in total. The number of fused-ring (bicyclic) bond motifs is 1. The van der Waals surface area contributed by atoms with E-state index in [-0.39, 0.29) is 5.75 Å². The highest BCUT2D eigenvalue weighted by atomic mass is 31.2. The summed E-state index contributed by atoms with van der Waals surface area (Å²) in [4.78, 5) is 38.1. The summed E-state index contributed by atoms with van der Waals surface area (Å²) in [5, 5.41) is 13.8. The summed E-state index contributed by atoms with van der Waals surface area (Å²) in [6.45, 7) is 5.09. The highest BCUT2D eigenvalue weighted by Gasteiger charge is 2.56. The molecule has 0 bridgehead atoms. The fraction of sp³-hybridized carbons (Fsp3) is 0.480. The number of H-pyrrole nitrogens is 1. The summed E-state index contributed by atoms with van der Waals surface area (Å²) in [5.74, 6) is -0.536. The number of carbonyl (C=O) groups is 1. The van der Waals surface area contributed by atoms with Gasteiger partial charge in [-0.05, 0) is 45.9 Å². The smallest absolute Gasteiger partial charge is 0.459 e. The Morgan fingerprint density at radius 1 is 1.25 bits per heavy atom. The number of hydrogen-bond acceptors (Lipinski definition) is 9. The highest BCUT2D eigenvalue weighted by Crippen LogP contribution is 2.48. The second kappa shape index (κ2) is 11.3. The lowest BCUT2D eigenvalue weighted by molar-refractivity contribution is -0.149. The van der Waals surface area contributed by atoms with Crippen LogP contribution in [0.25, 0.3) is 10.9 Å². The molecule has 2 aromatic heterocycles. The van der Waals surface area contributed by atoms with E-state index >= 15 is 4.39 Å². The van der Waals surface area contributed by atoms with Crippen molar-refractivity contribution >= 4 is 24.6 Å². The van der Waals surface area contributed by atoms with E-state index in [1.807, 2.05) is 22.7 Å². The predicted octanol–water partition coefficient (Wildman–Crippen LogP) is 2.15. The maximum absolute atomic E-state index is 15.6. The van der Waals surface area contributed by atoms with Crippen molar-refractivity contribution in [3.63, 3.8) is 0 Å². The molecular formula is C25H32FN4O9P. The lowest BCUT2D eigenvalue weighted by atomic mass is 9.98. The SMILES string of the molecule is CC(C)OC(=O)[C@H](C)NP(=O)(OC[C@H]1O[C@@H](n2ccc(=O)[nH]c2=O)[C@](C)(F)[C@@H]1O)Oc1cccc2c1ccn2C. The van der Waals surface area contributed by atoms with Gasteiger partial charge in [-0.15, -0.1) is 0 Å². The van der Waals surface area contributed by atoms with Crippen LogP contribution in [0.4, 0.5) is 4.39 Å².